The van der Waals surface area contributed by atoms with Gasteiger partial charge in [-0.15, -0.1) is 0 Å². The molecule has 0 spiro atoms. The van der Waals surface area contributed by atoms with Gasteiger partial charge in [0.25, 0.3) is 0 Å². The molecule has 0 aliphatic carbocycles. The number of nitrogens with one attached hydrogen (secondary N) is 1. The average Bonchev–Trinajstić information content (AvgIpc) is 2.13. The molecule has 0 bridgehead atoms. The van der Waals surface area contributed by atoms with Crippen LogP contribution in [0.3, 0.4) is 0 Å². The molecule has 2 nitrogen and oxygen atoms in total. The summed E-state index contributed by atoms with van der Waals surface area (Å²) in [7, 11) is 0. The molecule has 1 N–H and O–H groups in total. The Morgan fingerprint density at radius 1 is 1.19 bits per heavy atom. The highest BCUT2D eigenvalue weighted by Gasteiger charge is 2.27. The third kappa shape index (κ3) is 5.53. The molecule has 0 radical (unpaired) electrons. The van der Waals surface area contributed by atoms with Crippen molar-refractivity contribution in [2.24, 2.45) is 17.3 Å². The van der Waals surface area contributed by atoms with Crippen LogP contribution in [-0.4, -0.2) is 11.9 Å². The van der Waals surface area contributed by atoms with Crippen molar-refractivity contribution in [1.82, 2.24) is 5.32 Å². The van der Waals surface area contributed by atoms with Crippen LogP contribution in [-0.2, 0) is 4.79 Å². The predicted octanol–water partition coefficient (Wildman–Crippen LogP) is 3.61. The Morgan fingerprint density at radius 2 is 1.69 bits per heavy atom. The molecular formula is C14H29NO. The van der Waals surface area contributed by atoms with Crippen LogP contribution in [0, 0.1) is 17.3 Å². The van der Waals surface area contributed by atoms with E-state index < -0.39 is 0 Å². The molecule has 96 valence electrons. The van der Waals surface area contributed by atoms with E-state index in [0.717, 1.165) is 12.8 Å². The van der Waals surface area contributed by atoms with Gasteiger partial charge >= 0.3 is 0 Å². The molecule has 0 heterocycles. The highest BCUT2D eigenvalue weighted by Crippen LogP contribution is 2.25. The number of rotatable bonds is 5. The van der Waals surface area contributed by atoms with Crippen LogP contribution in [0.25, 0.3) is 0 Å². The Bertz CT molecular complexity index is 215. The van der Waals surface area contributed by atoms with Gasteiger partial charge in [0.2, 0.25) is 5.91 Å². The fourth-order valence-electron chi connectivity index (χ4n) is 1.62. The molecular weight excluding hydrogens is 198 g/mol. The lowest BCUT2D eigenvalue weighted by Crippen LogP contribution is -2.42. The molecule has 0 aliphatic rings. The second kappa shape index (κ2) is 6.27. The highest BCUT2D eigenvalue weighted by atomic mass is 16.1. The summed E-state index contributed by atoms with van der Waals surface area (Å²) in [6.45, 7) is 14.9. The lowest BCUT2D eigenvalue weighted by Gasteiger charge is -2.28. The summed E-state index contributed by atoms with van der Waals surface area (Å²) < 4.78 is 0. The van der Waals surface area contributed by atoms with E-state index in [-0.39, 0.29) is 17.2 Å². The number of carbonyl (C=O) groups excluding carboxylic acids is 1. The van der Waals surface area contributed by atoms with E-state index in [9.17, 15) is 4.79 Å². The molecule has 0 aliphatic heterocycles. The Labute approximate surface area is 101 Å². The van der Waals surface area contributed by atoms with Crippen molar-refractivity contribution in [3.63, 3.8) is 0 Å². The van der Waals surface area contributed by atoms with Gasteiger partial charge in [0.1, 0.15) is 0 Å². The molecule has 0 saturated carbocycles. The summed E-state index contributed by atoms with van der Waals surface area (Å²) in [6, 6.07) is 0.331. The van der Waals surface area contributed by atoms with Crippen molar-refractivity contribution in [3.8, 4) is 0 Å². The van der Waals surface area contributed by atoms with E-state index in [1.54, 1.807) is 0 Å². The van der Waals surface area contributed by atoms with Gasteiger partial charge in [-0.25, -0.2) is 0 Å². The van der Waals surface area contributed by atoms with Crippen molar-refractivity contribution in [2.75, 3.05) is 0 Å². The second-order valence-corrected chi connectivity index (χ2v) is 6.33. The van der Waals surface area contributed by atoms with E-state index in [1.807, 2.05) is 6.92 Å². The van der Waals surface area contributed by atoms with Gasteiger partial charge < -0.3 is 5.32 Å². The van der Waals surface area contributed by atoms with Crippen molar-refractivity contribution in [3.05, 3.63) is 0 Å². The van der Waals surface area contributed by atoms with E-state index in [4.69, 9.17) is 0 Å². The molecule has 1 amide bonds. The van der Waals surface area contributed by atoms with Gasteiger partial charge in [0.05, 0.1) is 0 Å². The van der Waals surface area contributed by atoms with Crippen LogP contribution in [0.5, 0.6) is 0 Å². The summed E-state index contributed by atoms with van der Waals surface area (Å²) in [4.78, 5) is 12.0. The Hall–Kier alpha value is -0.530. The normalized spacial score (nSPS) is 16.0. The minimum Gasteiger partial charge on any atom is -0.353 e. The SMILES string of the molecule is CC[C@H](CC(C)C)NC(=O)[C@@H](C)C(C)(C)C. The molecule has 0 aromatic carbocycles. The first-order valence-corrected chi connectivity index (χ1v) is 6.48. The minimum absolute atomic E-state index is 0.0419. The van der Waals surface area contributed by atoms with E-state index in [0.29, 0.717) is 12.0 Å². The van der Waals surface area contributed by atoms with Gasteiger partial charge in [-0.2, -0.15) is 0 Å². The predicted molar refractivity (Wildman–Crippen MR) is 70.3 cm³/mol. The number of carbonyl (C=O) groups is 1. The highest BCUT2D eigenvalue weighted by molar-refractivity contribution is 5.79. The monoisotopic (exact) mass is 227 g/mol. The van der Waals surface area contributed by atoms with Crippen LogP contribution >= 0.6 is 0 Å². The van der Waals surface area contributed by atoms with E-state index in [2.05, 4.69) is 46.9 Å². The Kier molecular flexibility index (Phi) is 6.06. The van der Waals surface area contributed by atoms with Gasteiger partial charge in [0, 0.05) is 12.0 Å². The van der Waals surface area contributed by atoms with Gasteiger partial charge in [-0.1, -0.05) is 48.5 Å². The van der Waals surface area contributed by atoms with Gasteiger partial charge in [-0.05, 0) is 24.2 Å². The topological polar surface area (TPSA) is 29.1 Å². The molecule has 0 rings (SSSR count). The fraction of sp³-hybridized carbons (Fsp3) is 0.929. The van der Waals surface area contributed by atoms with E-state index in [1.165, 1.54) is 0 Å². The zero-order chi connectivity index (χ0) is 12.9. The summed E-state index contributed by atoms with van der Waals surface area (Å²) >= 11 is 0. The number of hydrogen-bond acceptors (Lipinski definition) is 1. The maximum Gasteiger partial charge on any atom is 0.223 e. The molecule has 0 saturated heterocycles. The fourth-order valence-corrected chi connectivity index (χ4v) is 1.62. The smallest absolute Gasteiger partial charge is 0.223 e. The third-order valence-corrected chi connectivity index (χ3v) is 3.29. The first-order valence-electron chi connectivity index (χ1n) is 6.48. The van der Waals surface area contributed by atoms with E-state index >= 15 is 0 Å². The van der Waals surface area contributed by atoms with Gasteiger partial charge in [-0.3, -0.25) is 4.79 Å². The third-order valence-electron chi connectivity index (χ3n) is 3.29. The largest absolute Gasteiger partial charge is 0.353 e. The summed E-state index contributed by atoms with van der Waals surface area (Å²) in [5.74, 6) is 0.893. The zero-order valence-electron chi connectivity index (χ0n) is 12.1. The number of hydrogen-bond donors (Lipinski definition) is 1. The standard InChI is InChI=1S/C14H29NO/c1-8-12(9-10(2)3)15-13(16)11(4)14(5,6)7/h10-12H,8-9H2,1-7H3,(H,15,16)/t11-,12-/m1/s1. The minimum atomic E-state index is 0.0419. The van der Waals surface area contributed by atoms with Crippen LogP contribution in [0.4, 0.5) is 0 Å². The summed E-state index contributed by atoms with van der Waals surface area (Å²) in [5, 5.41) is 3.17. The Balaban J connectivity index is 4.31. The van der Waals surface area contributed by atoms with Crippen molar-refractivity contribution < 1.29 is 4.79 Å². The van der Waals surface area contributed by atoms with Crippen LogP contribution in [0.2, 0.25) is 0 Å². The maximum atomic E-state index is 12.0. The lowest BCUT2D eigenvalue weighted by atomic mass is 9.81. The Morgan fingerprint density at radius 3 is 2.00 bits per heavy atom. The van der Waals surface area contributed by atoms with Crippen molar-refractivity contribution in [2.45, 2.75) is 67.3 Å². The molecule has 2 heteroatoms. The van der Waals surface area contributed by atoms with Crippen LogP contribution in [0.15, 0.2) is 0 Å². The molecule has 16 heavy (non-hydrogen) atoms. The molecule has 0 fully saturated rings. The van der Waals surface area contributed by atoms with Crippen LogP contribution < -0.4 is 5.32 Å². The summed E-state index contributed by atoms with van der Waals surface area (Å²) in [6.07, 6.45) is 2.08. The molecule has 2 atom stereocenters. The van der Waals surface area contributed by atoms with Crippen molar-refractivity contribution >= 4 is 5.91 Å². The molecule has 0 aromatic rings. The number of amides is 1. The molecule has 0 unspecified atom stereocenters. The summed E-state index contributed by atoms with van der Waals surface area (Å²) in [5.41, 5.74) is 0.0419. The maximum absolute atomic E-state index is 12.0. The lowest BCUT2D eigenvalue weighted by molar-refractivity contribution is -0.128. The first kappa shape index (κ1) is 15.5. The average molecular weight is 227 g/mol. The van der Waals surface area contributed by atoms with Crippen molar-refractivity contribution in [1.29, 1.82) is 0 Å². The van der Waals surface area contributed by atoms with Crippen LogP contribution in [0.1, 0.15) is 61.3 Å². The quantitative estimate of drug-likeness (QED) is 0.764. The zero-order valence-corrected chi connectivity index (χ0v) is 12.1. The first-order chi connectivity index (χ1) is 7.18. The van der Waals surface area contributed by atoms with Gasteiger partial charge in [0.15, 0.2) is 0 Å². The molecule has 0 aromatic heterocycles. The second-order valence-electron chi connectivity index (χ2n) is 6.33.